The summed E-state index contributed by atoms with van der Waals surface area (Å²) >= 11 is 1.44. The summed E-state index contributed by atoms with van der Waals surface area (Å²) in [6.45, 7) is 2.60. The molecule has 4 rings (SSSR count). The maximum Gasteiger partial charge on any atom is 0.237 e. The summed E-state index contributed by atoms with van der Waals surface area (Å²) in [4.78, 5) is 24.5. The summed E-state index contributed by atoms with van der Waals surface area (Å²) in [6.07, 6.45) is 0.613. The molecule has 6 heteroatoms. The van der Waals surface area contributed by atoms with Gasteiger partial charge in [0, 0.05) is 18.7 Å². The second-order valence-corrected chi connectivity index (χ2v) is 8.22. The highest BCUT2D eigenvalue weighted by Gasteiger charge is 2.17. The maximum absolute atomic E-state index is 13.0. The largest absolute Gasteiger partial charge is 0.497 e. The maximum atomic E-state index is 13.0. The van der Waals surface area contributed by atoms with Gasteiger partial charge in [0.25, 0.3) is 0 Å². The van der Waals surface area contributed by atoms with Gasteiger partial charge in [-0.25, -0.2) is 9.97 Å². The standard InChI is InChI=1S/C26H25N3O2S/c1-3-29(20-11-5-4-6-12-20)25(30)18-32-26-24(17-19-10-9-13-21(16-19)31-2)27-22-14-7-8-15-23(22)28-26/h4-16H,3,17-18H2,1-2H3. The minimum Gasteiger partial charge on any atom is -0.497 e. The van der Waals surface area contributed by atoms with E-state index in [0.29, 0.717) is 18.7 Å². The van der Waals surface area contributed by atoms with Gasteiger partial charge in [-0.15, -0.1) is 0 Å². The first-order valence-electron chi connectivity index (χ1n) is 10.5. The number of rotatable bonds is 8. The number of anilines is 1. The molecule has 0 N–H and O–H groups in total. The van der Waals surface area contributed by atoms with Crippen molar-refractivity contribution in [1.29, 1.82) is 0 Å². The summed E-state index contributed by atoms with van der Waals surface area (Å²) in [5.74, 6) is 1.15. The third-order valence-corrected chi connectivity index (χ3v) is 6.12. The summed E-state index contributed by atoms with van der Waals surface area (Å²) in [6, 6.07) is 25.5. The molecule has 0 radical (unpaired) electrons. The van der Waals surface area contributed by atoms with Crippen molar-refractivity contribution in [3.05, 3.63) is 90.1 Å². The number of benzene rings is 3. The van der Waals surface area contributed by atoms with Crippen LogP contribution in [0.4, 0.5) is 5.69 Å². The van der Waals surface area contributed by atoms with Crippen molar-refractivity contribution in [2.75, 3.05) is 24.3 Å². The number of hydrogen-bond acceptors (Lipinski definition) is 5. The molecule has 5 nitrogen and oxygen atoms in total. The minimum absolute atomic E-state index is 0.0472. The van der Waals surface area contributed by atoms with Gasteiger partial charge in [-0.05, 0) is 48.9 Å². The Labute approximate surface area is 192 Å². The monoisotopic (exact) mass is 443 g/mol. The van der Waals surface area contributed by atoms with Crippen molar-refractivity contribution >= 4 is 34.4 Å². The number of fused-ring (bicyclic) bond motifs is 1. The van der Waals surface area contributed by atoms with Crippen LogP contribution in [-0.2, 0) is 11.2 Å². The number of nitrogens with zero attached hydrogens (tertiary/aromatic N) is 3. The fraction of sp³-hybridized carbons (Fsp3) is 0.192. The van der Waals surface area contributed by atoms with Gasteiger partial charge in [0.1, 0.15) is 10.8 Å². The van der Waals surface area contributed by atoms with E-state index >= 15 is 0 Å². The number of aromatic nitrogens is 2. The van der Waals surface area contributed by atoms with Crippen LogP contribution in [0.3, 0.4) is 0 Å². The van der Waals surface area contributed by atoms with Crippen molar-refractivity contribution in [3.63, 3.8) is 0 Å². The molecule has 0 aliphatic rings. The Morgan fingerprint density at radius 1 is 0.938 bits per heavy atom. The number of hydrogen-bond donors (Lipinski definition) is 0. The number of carbonyl (C=O) groups excluding carboxylic acids is 1. The molecule has 1 amide bonds. The zero-order valence-corrected chi connectivity index (χ0v) is 19.0. The van der Waals surface area contributed by atoms with Crippen molar-refractivity contribution in [2.45, 2.75) is 18.4 Å². The molecule has 32 heavy (non-hydrogen) atoms. The summed E-state index contributed by atoms with van der Waals surface area (Å²) in [5, 5.41) is 0.781. The van der Waals surface area contributed by atoms with Gasteiger partial charge in [-0.1, -0.05) is 54.2 Å². The zero-order chi connectivity index (χ0) is 22.3. The van der Waals surface area contributed by atoms with E-state index in [1.165, 1.54) is 11.8 Å². The van der Waals surface area contributed by atoms with E-state index in [-0.39, 0.29) is 5.91 Å². The average Bonchev–Trinajstić information content (AvgIpc) is 2.84. The minimum atomic E-state index is 0.0472. The highest BCUT2D eigenvalue weighted by Crippen LogP contribution is 2.26. The first kappa shape index (κ1) is 21.8. The van der Waals surface area contributed by atoms with E-state index in [9.17, 15) is 4.79 Å². The summed E-state index contributed by atoms with van der Waals surface area (Å²) in [5.41, 5.74) is 4.52. The first-order chi connectivity index (χ1) is 15.7. The molecule has 1 aromatic heterocycles. The van der Waals surface area contributed by atoms with Gasteiger partial charge in [0.15, 0.2) is 0 Å². The molecule has 0 fully saturated rings. The van der Waals surface area contributed by atoms with E-state index in [4.69, 9.17) is 14.7 Å². The lowest BCUT2D eigenvalue weighted by molar-refractivity contribution is -0.116. The molecule has 3 aromatic carbocycles. The normalized spacial score (nSPS) is 10.8. The van der Waals surface area contributed by atoms with Crippen LogP contribution >= 0.6 is 11.8 Å². The molecule has 0 saturated heterocycles. The van der Waals surface area contributed by atoms with Crippen molar-refractivity contribution in [3.8, 4) is 5.75 Å². The lowest BCUT2D eigenvalue weighted by Crippen LogP contribution is -2.32. The van der Waals surface area contributed by atoms with Gasteiger partial charge in [-0.2, -0.15) is 0 Å². The fourth-order valence-electron chi connectivity index (χ4n) is 3.55. The number of methoxy groups -OCH3 is 1. The predicted molar refractivity (Wildman–Crippen MR) is 131 cm³/mol. The Balaban J connectivity index is 1.60. The third kappa shape index (κ3) is 5.08. The van der Waals surface area contributed by atoms with Crippen LogP contribution in [-0.4, -0.2) is 35.3 Å². The van der Waals surface area contributed by atoms with Crippen LogP contribution < -0.4 is 9.64 Å². The highest BCUT2D eigenvalue weighted by atomic mass is 32.2. The van der Waals surface area contributed by atoms with E-state index in [1.54, 1.807) is 12.0 Å². The SMILES string of the molecule is CCN(C(=O)CSc1nc2ccccc2nc1Cc1cccc(OC)c1)c1ccccc1. The Bertz CT molecular complexity index is 1210. The fourth-order valence-corrected chi connectivity index (χ4v) is 4.41. The molecule has 0 spiro atoms. The van der Waals surface area contributed by atoms with E-state index in [0.717, 1.165) is 38.8 Å². The average molecular weight is 444 g/mol. The van der Waals surface area contributed by atoms with Crippen LogP contribution in [0, 0.1) is 0 Å². The molecule has 0 aliphatic heterocycles. The van der Waals surface area contributed by atoms with Crippen molar-refractivity contribution in [1.82, 2.24) is 9.97 Å². The number of para-hydroxylation sites is 3. The molecular formula is C26H25N3O2S. The Kier molecular flexibility index (Phi) is 7.02. The van der Waals surface area contributed by atoms with Gasteiger partial charge in [-0.3, -0.25) is 4.79 Å². The van der Waals surface area contributed by atoms with Crippen molar-refractivity contribution < 1.29 is 9.53 Å². The van der Waals surface area contributed by atoms with Gasteiger partial charge >= 0.3 is 0 Å². The molecular weight excluding hydrogens is 418 g/mol. The zero-order valence-electron chi connectivity index (χ0n) is 18.2. The number of carbonyl (C=O) groups is 1. The molecule has 0 atom stereocenters. The van der Waals surface area contributed by atoms with E-state index < -0.39 is 0 Å². The van der Waals surface area contributed by atoms with Crippen LogP contribution in [0.2, 0.25) is 0 Å². The lowest BCUT2D eigenvalue weighted by atomic mass is 10.1. The Hall–Kier alpha value is -3.38. The van der Waals surface area contributed by atoms with Crippen molar-refractivity contribution in [2.24, 2.45) is 0 Å². The number of amides is 1. The Morgan fingerprint density at radius 2 is 1.66 bits per heavy atom. The first-order valence-corrected chi connectivity index (χ1v) is 11.5. The number of ether oxygens (including phenoxy) is 1. The molecule has 0 saturated carbocycles. The second-order valence-electron chi connectivity index (χ2n) is 7.25. The van der Waals surface area contributed by atoms with E-state index in [2.05, 4.69) is 0 Å². The van der Waals surface area contributed by atoms with E-state index in [1.807, 2.05) is 85.8 Å². The topological polar surface area (TPSA) is 55.3 Å². The lowest BCUT2D eigenvalue weighted by Gasteiger charge is -2.21. The second kappa shape index (κ2) is 10.3. The van der Waals surface area contributed by atoms with Crippen LogP contribution in [0.5, 0.6) is 5.75 Å². The predicted octanol–water partition coefficient (Wildman–Crippen LogP) is 5.37. The third-order valence-electron chi connectivity index (χ3n) is 5.13. The van der Waals surface area contributed by atoms with Crippen LogP contribution in [0.25, 0.3) is 11.0 Å². The molecule has 0 bridgehead atoms. The molecule has 0 unspecified atom stereocenters. The molecule has 4 aromatic rings. The highest BCUT2D eigenvalue weighted by molar-refractivity contribution is 8.00. The Morgan fingerprint density at radius 3 is 2.38 bits per heavy atom. The number of thioether (sulfide) groups is 1. The van der Waals surface area contributed by atoms with Gasteiger partial charge in [0.05, 0.1) is 29.6 Å². The molecule has 0 aliphatic carbocycles. The smallest absolute Gasteiger partial charge is 0.237 e. The van der Waals surface area contributed by atoms with Gasteiger partial charge < -0.3 is 9.64 Å². The van der Waals surface area contributed by atoms with Crippen LogP contribution in [0.15, 0.2) is 83.9 Å². The quantitative estimate of drug-likeness (QED) is 0.343. The molecule has 162 valence electrons. The molecule has 1 heterocycles. The summed E-state index contributed by atoms with van der Waals surface area (Å²) in [7, 11) is 1.66. The van der Waals surface area contributed by atoms with Gasteiger partial charge in [0.2, 0.25) is 5.91 Å². The van der Waals surface area contributed by atoms with Crippen LogP contribution in [0.1, 0.15) is 18.2 Å². The summed E-state index contributed by atoms with van der Waals surface area (Å²) < 4.78 is 5.36.